The average Bonchev–Trinajstić information content (AvgIpc) is 2.95. The summed E-state index contributed by atoms with van der Waals surface area (Å²) < 4.78 is 11.1. The van der Waals surface area contributed by atoms with Crippen LogP contribution in [0.3, 0.4) is 0 Å². The van der Waals surface area contributed by atoms with E-state index in [2.05, 4.69) is 15.9 Å². The summed E-state index contributed by atoms with van der Waals surface area (Å²) in [4.78, 5) is 12.1. The molecular weight excluding hydrogens is 284 g/mol. The lowest BCUT2D eigenvalue weighted by molar-refractivity contribution is 0.101. The molecule has 0 amide bonds. The van der Waals surface area contributed by atoms with Gasteiger partial charge >= 0.3 is 0 Å². The molecule has 1 aromatic carbocycles. The maximum Gasteiger partial charge on any atom is 0.228 e. The highest BCUT2D eigenvalue weighted by atomic mass is 79.9. The first-order valence-corrected chi connectivity index (χ1v) is 6.03. The number of rotatable bonds is 2. The van der Waals surface area contributed by atoms with Crippen LogP contribution in [0, 0.1) is 0 Å². The van der Waals surface area contributed by atoms with Crippen LogP contribution in [0.5, 0.6) is 0 Å². The van der Waals surface area contributed by atoms with Gasteiger partial charge < -0.3 is 9.15 Å². The normalized spacial score (nSPS) is 13.7. The van der Waals surface area contributed by atoms with Crippen molar-refractivity contribution in [2.75, 3.05) is 0 Å². The highest BCUT2D eigenvalue weighted by Gasteiger charge is 2.17. The number of carbonyl (C=O) groups is 1. The van der Waals surface area contributed by atoms with Crippen LogP contribution in [0.4, 0.5) is 0 Å². The first-order valence-electron chi connectivity index (χ1n) is 5.23. The van der Waals surface area contributed by atoms with Crippen molar-refractivity contribution in [1.29, 1.82) is 0 Å². The van der Waals surface area contributed by atoms with Gasteiger partial charge in [0.05, 0.1) is 13.2 Å². The zero-order chi connectivity index (χ0) is 11.8. The van der Waals surface area contributed by atoms with Crippen molar-refractivity contribution in [3.05, 3.63) is 57.5 Å². The molecule has 0 saturated heterocycles. The number of halogens is 1. The van der Waals surface area contributed by atoms with Crippen molar-refractivity contribution in [1.82, 2.24) is 0 Å². The first-order chi connectivity index (χ1) is 8.24. The Kier molecular flexibility index (Phi) is 2.61. The maximum absolute atomic E-state index is 12.1. The summed E-state index contributed by atoms with van der Waals surface area (Å²) in [6, 6.07) is 9.00. The van der Waals surface area contributed by atoms with Crippen molar-refractivity contribution < 1.29 is 13.9 Å². The molecule has 2 heterocycles. The fraction of sp³-hybridized carbons (Fsp3) is 0.154. The van der Waals surface area contributed by atoms with Gasteiger partial charge in [-0.05, 0) is 45.3 Å². The van der Waals surface area contributed by atoms with Gasteiger partial charge in [0, 0.05) is 5.56 Å². The van der Waals surface area contributed by atoms with Gasteiger partial charge in [-0.2, -0.15) is 0 Å². The zero-order valence-corrected chi connectivity index (χ0v) is 10.5. The van der Waals surface area contributed by atoms with Gasteiger partial charge in [0.2, 0.25) is 5.78 Å². The quantitative estimate of drug-likeness (QED) is 0.797. The fourth-order valence-electron chi connectivity index (χ4n) is 1.89. The molecule has 0 radical (unpaired) electrons. The van der Waals surface area contributed by atoms with Crippen LogP contribution < -0.4 is 0 Å². The second-order valence-corrected chi connectivity index (χ2v) is 4.69. The molecule has 0 saturated carbocycles. The lowest BCUT2D eigenvalue weighted by Gasteiger charge is -2.01. The Hall–Kier alpha value is -1.39. The topological polar surface area (TPSA) is 39.4 Å². The van der Waals surface area contributed by atoms with Gasteiger partial charge in [0.1, 0.15) is 0 Å². The Bertz CT molecular complexity index is 586. The number of fused-ring (bicyclic) bond motifs is 1. The number of furan rings is 1. The Morgan fingerprint density at radius 1 is 1.12 bits per heavy atom. The van der Waals surface area contributed by atoms with E-state index in [1.165, 1.54) is 0 Å². The molecule has 1 aromatic heterocycles. The second-order valence-electron chi connectivity index (χ2n) is 3.91. The summed E-state index contributed by atoms with van der Waals surface area (Å²) >= 11 is 3.18. The van der Waals surface area contributed by atoms with Crippen LogP contribution in [0.25, 0.3) is 0 Å². The van der Waals surface area contributed by atoms with Gasteiger partial charge in [0.25, 0.3) is 0 Å². The third-order valence-corrected chi connectivity index (χ3v) is 3.21. The number of hydrogen-bond donors (Lipinski definition) is 0. The number of ketones is 1. The molecule has 0 spiro atoms. The molecular formula is C13H9BrO3. The van der Waals surface area contributed by atoms with E-state index in [0.717, 1.165) is 11.1 Å². The average molecular weight is 293 g/mol. The van der Waals surface area contributed by atoms with Crippen molar-refractivity contribution in [3.63, 3.8) is 0 Å². The van der Waals surface area contributed by atoms with E-state index < -0.39 is 0 Å². The largest absolute Gasteiger partial charge is 0.446 e. The smallest absolute Gasteiger partial charge is 0.228 e. The molecule has 1 aliphatic rings. The minimum atomic E-state index is -0.106. The monoisotopic (exact) mass is 292 g/mol. The van der Waals surface area contributed by atoms with Crippen molar-refractivity contribution in [2.45, 2.75) is 13.2 Å². The minimum absolute atomic E-state index is 0.106. The van der Waals surface area contributed by atoms with Gasteiger partial charge in [-0.3, -0.25) is 4.79 Å². The molecule has 3 nitrogen and oxygen atoms in total. The summed E-state index contributed by atoms with van der Waals surface area (Å²) in [6.45, 7) is 1.22. The van der Waals surface area contributed by atoms with Crippen LogP contribution in [-0.4, -0.2) is 5.78 Å². The molecule has 2 aromatic rings. The molecule has 1 aliphatic heterocycles. The fourth-order valence-corrected chi connectivity index (χ4v) is 2.20. The van der Waals surface area contributed by atoms with E-state index >= 15 is 0 Å². The standard InChI is InChI=1S/C13H9BrO3/c14-12-4-3-11(17-12)13(15)8-1-2-9-6-16-7-10(9)5-8/h1-5H,6-7H2. The predicted molar refractivity (Wildman–Crippen MR) is 64.8 cm³/mol. The lowest BCUT2D eigenvalue weighted by atomic mass is 10.0. The van der Waals surface area contributed by atoms with E-state index in [1.54, 1.807) is 12.1 Å². The molecule has 0 unspecified atom stereocenters. The van der Waals surface area contributed by atoms with E-state index in [1.807, 2.05) is 18.2 Å². The van der Waals surface area contributed by atoms with Crippen LogP contribution in [-0.2, 0) is 18.0 Å². The van der Waals surface area contributed by atoms with Crippen LogP contribution >= 0.6 is 15.9 Å². The van der Waals surface area contributed by atoms with E-state index in [-0.39, 0.29) is 5.78 Å². The van der Waals surface area contributed by atoms with Gasteiger partial charge in [0.15, 0.2) is 10.4 Å². The second kappa shape index (κ2) is 4.13. The molecule has 0 bridgehead atoms. The molecule has 3 rings (SSSR count). The Labute approximate surface area is 107 Å². The number of benzene rings is 1. The molecule has 17 heavy (non-hydrogen) atoms. The van der Waals surface area contributed by atoms with Crippen molar-refractivity contribution in [2.24, 2.45) is 0 Å². The SMILES string of the molecule is O=C(c1ccc2c(c1)COC2)c1ccc(Br)o1. The molecule has 0 fully saturated rings. The van der Waals surface area contributed by atoms with Crippen LogP contribution in [0.15, 0.2) is 39.4 Å². The van der Waals surface area contributed by atoms with Crippen molar-refractivity contribution >= 4 is 21.7 Å². The highest BCUT2D eigenvalue weighted by Crippen LogP contribution is 2.23. The summed E-state index contributed by atoms with van der Waals surface area (Å²) in [5.41, 5.74) is 2.87. The van der Waals surface area contributed by atoms with E-state index in [0.29, 0.717) is 29.2 Å². The molecule has 0 N–H and O–H groups in total. The summed E-state index contributed by atoms with van der Waals surface area (Å²) in [7, 11) is 0. The third kappa shape index (κ3) is 1.94. The van der Waals surface area contributed by atoms with Gasteiger partial charge in [-0.15, -0.1) is 0 Å². The Balaban J connectivity index is 1.97. The third-order valence-electron chi connectivity index (χ3n) is 2.78. The van der Waals surface area contributed by atoms with Gasteiger partial charge in [-0.1, -0.05) is 12.1 Å². The van der Waals surface area contributed by atoms with Crippen molar-refractivity contribution in [3.8, 4) is 0 Å². The zero-order valence-electron chi connectivity index (χ0n) is 8.90. The van der Waals surface area contributed by atoms with Crippen LogP contribution in [0.1, 0.15) is 27.2 Å². The molecule has 0 atom stereocenters. The van der Waals surface area contributed by atoms with Crippen LogP contribution in [0.2, 0.25) is 0 Å². The first kappa shape index (κ1) is 10.7. The van der Waals surface area contributed by atoms with Gasteiger partial charge in [-0.25, -0.2) is 0 Å². The summed E-state index contributed by atoms with van der Waals surface area (Å²) in [6.07, 6.45) is 0. The number of carbonyl (C=O) groups excluding carboxylic acids is 1. The maximum atomic E-state index is 12.1. The highest BCUT2D eigenvalue weighted by molar-refractivity contribution is 9.10. The number of ether oxygens (including phenoxy) is 1. The Morgan fingerprint density at radius 2 is 1.94 bits per heavy atom. The molecule has 0 aliphatic carbocycles. The van der Waals surface area contributed by atoms with E-state index in [4.69, 9.17) is 9.15 Å². The van der Waals surface area contributed by atoms with E-state index in [9.17, 15) is 4.79 Å². The Morgan fingerprint density at radius 3 is 2.71 bits per heavy atom. The predicted octanol–water partition coefficient (Wildman–Crippen LogP) is 3.30. The number of hydrogen-bond acceptors (Lipinski definition) is 3. The molecule has 4 heteroatoms. The summed E-state index contributed by atoms with van der Waals surface area (Å²) in [5, 5.41) is 0. The molecule has 86 valence electrons. The lowest BCUT2D eigenvalue weighted by Crippen LogP contribution is -2.00. The summed E-state index contributed by atoms with van der Waals surface area (Å²) in [5.74, 6) is 0.237. The minimum Gasteiger partial charge on any atom is -0.446 e.